The van der Waals surface area contributed by atoms with Crippen LogP contribution in [0, 0.1) is 5.92 Å². The SMILES string of the molecule is O=C(C1CCCC1)N1CCCCC1c1[nH]ncc1-c1ccncc1. The third kappa shape index (κ3) is 2.83. The Hall–Kier alpha value is -2.17. The number of pyridine rings is 1. The first-order chi connectivity index (χ1) is 11.8. The van der Waals surface area contributed by atoms with Crippen molar-refractivity contribution in [3.8, 4) is 11.1 Å². The van der Waals surface area contributed by atoms with Crippen LogP contribution in [0.4, 0.5) is 0 Å². The van der Waals surface area contributed by atoms with Crippen molar-refractivity contribution in [1.29, 1.82) is 0 Å². The lowest BCUT2D eigenvalue weighted by molar-refractivity contribution is -0.139. The van der Waals surface area contributed by atoms with Crippen molar-refractivity contribution < 1.29 is 4.79 Å². The van der Waals surface area contributed by atoms with Crippen molar-refractivity contribution >= 4 is 5.91 Å². The van der Waals surface area contributed by atoms with Gasteiger partial charge < -0.3 is 4.90 Å². The first kappa shape index (κ1) is 15.4. The third-order valence-corrected chi connectivity index (χ3v) is 5.48. The van der Waals surface area contributed by atoms with Gasteiger partial charge in [0.1, 0.15) is 0 Å². The maximum Gasteiger partial charge on any atom is 0.226 e. The quantitative estimate of drug-likeness (QED) is 0.936. The molecule has 1 aliphatic heterocycles. The molecular formula is C19H24N4O. The van der Waals surface area contributed by atoms with Gasteiger partial charge in [0.25, 0.3) is 0 Å². The molecule has 1 N–H and O–H groups in total. The average molecular weight is 324 g/mol. The maximum absolute atomic E-state index is 13.0. The van der Waals surface area contributed by atoms with Gasteiger partial charge in [0.15, 0.2) is 0 Å². The summed E-state index contributed by atoms with van der Waals surface area (Å²) in [4.78, 5) is 19.3. The van der Waals surface area contributed by atoms with E-state index < -0.39 is 0 Å². The van der Waals surface area contributed by atoms with E-state index in [0.717, 1.165) is 55.5 Å². The first-order valence-corrected chi connectivity index (χ1v) is 9.09. The van der Waals surface area contributed by atoms with E-state index in [-0.39, 0.29) is 12.0 Å². The summed E-state index contributed by atoms with van der Waals surface area (Å²) in [6.07, 6.45) is 13.3. The van der Waals surface area contributed by atoms with Gasteiger partial charge in [0.2, 0.25) is 5.91 Å². The molecule has 1 unspecified atom stereocenters. The van der Waals surface area contributed by atoms with Gasteiger partial charge >= 0.3 is 0 Å². The van der Waals surface area contributed by atoms with Crippen LogP contribution in [0.2, 0.25) is 0 Å². The van der Waals surface area contributed by atoms with Gasteiger partial charge in [-0.3, -0.25) is 14.9 Å². The second-order valence-corrected chi connectivity index (χ2v) is 6.96. The number of carbonyl (C=O) groups is 1. The van der Waals surface area contributed by atoms with E-state index in [4.69, 9.17) is 0 Å². The Morgan fingerprint density at radius 1 is 1.08 bits per heavy atom. The second kappa shape index (κ2) is 6.75. The number of hydrogen-bond donors (Lipinski definition) is 1. The van der Waals surface area contributed by atoms with Crippen molar-refractivity contribution in [1.82, 2.24) is 20.1 Å². The summed E-state index contributed by atoms with van der Waals surface area (Å²) in [5.74, 6) is 0.588. The fourth-order valence-electron chi connectivity index (χ4n) is 4.21. The zero-order valence-corrected chi connectivity index (χ0v) is 13.9. The Kier molecular flexibility index (Phi) is 4.32. The van der Waals surface area contributed by atoms with Crippen LogP contribution in [0.15, 0.2) is 30.7 Å². The number of amides is 1. The summed E-state index contributed by atoms with van der Waals surface area (Å²) < 4.78 is 0. The number of nitrogens with one attached hydrogen (secondary N) is 1. The van der Waals surface area contributed by atoms with Crippen LogP contribution in [0.5, 0.6) is 0 Å². The van der Waals surface area contributed by atoms with Crippen LogP contribution in [0.1, 0.15) is 56.7 Å². The molecular weight excluding hydrogens is 300 g/mol. The molecule has 2 aromatic rings. The lowest BCUT2D eigenvalue weighted by Crippen LogP contribution is -2.41. The minimum atomic E-state index is 0.123. The number of piperidine rings is 1. The number of rotatable bonds is 3. The van der Waals surface area contributed by atoms with Gasteiger partial charge in [-0.2, -0.15) is 5.10 Å². The second-order valence-electron chi connectivity index (χ2n) is 6.96. The van der Waals surface area contributed by atoms with Crippen LogP contribution < -0.4 is 0 Å². The number of aromatic amines is 1. The molecule has 5 heteroatoms. The number of likely N-dealkylation sites (tertiary alicyclic amines) is 1. The van der Waals surface area contributed by atoms with E-state index in [2.05, 4.69) is 20.1 Å². The standard InChI is InChI=1S/C19H24N4O/c24-19(15-5-1-2-6-15)23-12-4-3-7-17(23)18-16(13-21-22-18)14-8-10-20-11-9-14/h8-11,13,15,17H,1-7,12H2,(H,21,22). The molecule has 2 fully saturated rings. The Balaban J connectivity index is 1.64. The van der Waals surface area contributed by atoms with Crippen LogP contribution in [-0.4, -0.2) is 32.5 Å². The highest BCUT2D eigenvalue weighted by Gasteiger charge is 2.35. The predicted molar refractivity (Wildman–Crippen MR) is 92.1 cm³/mol. The van der Waals surface area contributed by atoms with Gasteiger partial charge in [-0.25, -0.2) is 0 Å². The smallest absolute Gasteiger partial charge is 0.226 e. The molecule has 2 aliphatic rings. The summed E-state index contributed by atoms with van der Waals surface area (Å²) in [6, 6.07) is 4.12. The highest BCUT2D eigenvalue weighted by Crippen LogP contribution is 2.38. The monoisotopic (exact) mass is 324 g/mol. The maximum atomic E-state index is 13.0. The molecule has 1 amide bonds. The number of hydrogen-bond acceptors (Lipinski definition) is 3. The van der Waals surface area contributed by atoms with E-state index in [1.807, 2.05) is 18.3 Å². The number of H-pyrrole nitrogens is 1. The number of nitrogens with zero attached hydrogens (tertiary/aromatic N) is 3. The van der Waals surface area contributed by atoms with Crippen LogP contribution in [-0.2, 0) is 4.79 Å². The van der Waals surface area contributed by atoms with Crippen LogP contribution >= 0.6 is 0 Å². The normalized spacial score (nSPS) is 22.0. The fraction of sp³-hybridized carbons (Fsp3) is 0.526. The van der Waals surface area contributed by atoms with Crippen LogP contribution in [0.25, 0.3) is 11.1 Å². The van der Waals surface area contributed by atoms with Crippen molar-refractivity contribution in [2.24, 2.45) is 5.92 Å². The summed E-state index contributed by atoms with van der Waals surface area (Å²) in [5.41, 5.74) is 3.27. The molecule has 1 saturated heterocycles. The summed E-state index contributed by atoms with van der Waals surface area (Å²) in [5, 5.41) is 7.47. The molecule has 1 aliphatic carbocycles. The molecule has 4 rings (SSSR count). The van der Waals surface area contributed by atoms with Crippen molar-refractivity contribution in [2.75, 3.05) is 6.54 Å². The van der Waals surface area contributed by atoms with E-state index in [9.17, 15) is 4.79 Å². The predicted octanol–water partition coefficient (Wildman–Crippen LogP) is 3.72. The van der Waals surface area contributed by atoms with E-state index >= 15 is 0 Å². The summed E-state index contributed by atoms with van der Waals surface area (Å²) in [7, 11) is 0. The van der Waals surface area contributed by atoms with Crippen molar-refractivity contribution in [2.45, 2.75) is 51.0 Å². The Morgan fingerprint density at radius 3 is 2.62 bits per heavy atom. The minimum Gasteiger partial charge on any atom is -0.334 e. The lowest BCUT2D eigenvalue weighted by atomic mass is 9.93. The molecule has 0 spiro atoms. The first-order valence-electron chi connectivity index (χ1n) is 9.09. The molecule has 3 heterocycles. The zero-order chi connectivity index (χ0) is 16.4. The van der Waals surface area contributed by atoms with Crippen LogP contribution in [0.3, 0.4) is 0 Å². The molecule has 0 bridgehead atoms. The van der Waals surface area contributed by atoms with Gasteiger partial charge in [-0.1, -0.05) is 12.8 Å². The summed E-state index contributed by atoms with van der Waals surface area (Å²) >= 11 is 0. The topological polar surface area (TPSA) is 61.9 Å². The highest BCUT2D eigenvalue weighted by molar-refractivity contribution is 5.80. The molecule has 2 aromatic heterocycles. The van der Waals surface area contributed by atoms with Gasteiger partial charge in [-0.05, 0) is 49.8 Å². The Morgan fingerprint density at radius 2 is 1.83 bits per heavy atom. The largest absolute Gasteiger partial charge is 0.334 e. The Labute approximate surface area is 142 Å². The summed E-state index contributed by atoms with van der Waals surface area (Å²) in [6.45, 7) is 0.870. The molecule has 24 heavy (non-hydrogen) atoms. The minimum absolute atomic E-state index is 0.123. The lowest BCUT2D eigenvalue weighted by Gasteiger charge is -2.37. The number of carbonyl (C=O) groups excluding carboxylic acids is 1. The highest BCUT2D eigenvalue weighted by atomic mass is 16.2. The zero-order valence-electron chi connectivity index (χ0n) is 13.9. The van der Waals surface area contributed by atoms with E-state index in [1.54, 1.807) is 12.4 Å². The van der Waals surface area contributed by atoms with Gasteiger partial charge in [0, 0.05) is 30.4 Å². The third-order valence-electron chi connectivity index (χ3n) is 5.48. The van der Waals surface area contributed by atoms with Gasteiger partial charge in [0.05, 0.1) is 17.9 Å². The molecule has 0 aromatic carbocycles. The fourth-order valence-corrected chi connectivity index (χ4v) is 4.21. The molecule has 5 nitrogen and oxygen atoms in total. The molecule has 126 valence electrons. The molecule has 0 radical (unpaired) electrons. The molecule has 1 atom stereocenters. The average Bonchev–Trinajstić information content (AvgIpc) is 3.33. The molecule has 1 saturated carbocycles. The number of aromatic nitrogens is 3. The van der Waals surface area contributed by atoms with Crippen molar-refractivity contribution in [3.05, 3.63) is 36.4 Å². The van der Waals surface area contributed by atoms with E-state index in [1.165, 1.54) is 12.8 Å². The van der Waals surface area contributed by atoms with Gasteiger partial charge in [-0.15, -0.1) is 0 Å². The van der Waals surface area contributed by atoms with Crippen molar-refractivity contribution in [3.63, 3.8) is 0 Å². The Bertz CT molecular complexity index is 690. The van der Waals surface area contributed by atoms with E-state index in [0.29, 0.717) is 5.91 Å².